The molecular weight excluding hydrogens is 1950 g/mol. The van der Waals surface area contributed by atoms with Crippen LogP contribution in [0.3, 0.4) is 0 Å². The van der Waals surface area contributed by atoms with Crippen LogP contribution < -0.4 is 164 Å². The molecule has 0 bridgehead atoms. The number of halogens is 6. The lowest BCUT2D eigenvalue weighted by molar-refractivity contribution is -0.671. The lowest BCUT2D eigenvalue weighted by Gasteiger charge is -2.13. The van der Waals surface area contributed by atoms with E-state index >= 15 is 0 Å². The molecule has 8 aromatic carbocycles. The Labute approximate surface area is 865 Å². The first-order valence-electron chi connectivity index (χ1n) is 42.3. The van der Waals surface area contributed by atoms with Crippen LogP contribution in [0.5, 0.6) is 11.5 Å². The minimum Gasteiger partial charge on any atom is -1.00 e. The number of nitrogens with two attached hydrogens (primary N) is 2. The van der Waals surface area contributed by atoms with Crippen LogP contribution in [0.1, 0.15) is 11.1 Å². The Kier molecular flexibility index (Phi) is 51.7. The third-order valence-electron chi connectivity index (χ3n) is 19.8. The predicted octanol–water partition coefficient (Wildman–Crippen LogP) is -3.20. The number of benzene rings is 9. The van der Waals surface area contributed by atoms with Crippen molar-refractivity contribution in [1.82, 2.24) is 23.3 Å². The Bertz CT molecular complexity index is 6720. The molecule has 6 aromatic heterocycles. The topological polar surface area (TPSA) is 390 Å². The Hall–Kier alpha value is -15.1. The first-order chi connectivity index (χ1) is 65.1. The molecule has 752 valence electrons. The number of anilines is 9. The summed E-state index contributed by atoms with van der Waals surface area (Å²) in [6, 6.07) is 73.6. The Morgan fingerprint density at radius 1 is 0.430 bits per heavy atom. The molecule has 0 saturated carbocycles. The number of ether oxygens (including phenoxy) is 2. The monoisotopic (exact) mass is 2070 g/mol. The number of imidazole rings is 4. The highest BCUT2D eigenvalue weighted by Gasteiger charge is 2.17. The van der Waals surface area contributed by atoms with Crippen molar-refractivity contribution in [2.45, 2.75) is 0 Å². The van der Waals surface area contributed by atoms with Gasteiger partial charge in [-0.3, -0.25) is 15.4 Å². The number of fused-ring (bicyclic) bond motifs is 2. The average Bonchev–Trinajstić information content (AvgIpc) is 0.810. The maximum absolute atomic E-state index is 9.47. The molecule has 0 fully saturated rings. The number of nitrogen functional groups attached to an aromatic ring is 2. The van der Waals surface area contributed by atoms with E-state index in [-0.39, 0.29) is 79.8 Å². The van der Waals surface area contributed by atoms with Crippen LogP contribution in [0.15, 0.2) is 360 Å². The molecule has 14 aromatic rings. The van der Waals surface area contributed by atoms with Gasteiger partial charge in [0.2, 0.25) is 0 Å². The van der Waals surface area contributed by atoms with Crippen LogP contribution in [0.2, 0.25) is 0 Å². The van der Waals surface area contributed by atoms with E-state index in [0.29, 0.717) is 29.0 Å². The van der Waals surface area contributed by atoms with Crippen molar-refractivity contribution < 1.29 is 134 Å². The first kappa shape index (κ1) is 121. The van der Waals surface area contributed by atoms with Crippen molar-refractivity contribution in [2.24, 2.45) is 122 Å². The van der Waals surface area contributed by atoms with Gasteiger partial charge in [-0.15, -0.1) is 0 Å². The molecule has 44 heteroatoms. The highest BCUT2D eigenvalue weighted by atomic mass is 35.5. The molecule has 7 heterocycles. The number of hydrogen-bond donors (Lipinski definition) is 5. The van der Waals surface area contributed by atoms with E-state index in [1.54, 1.807) is 38.5 Å². The second-order valence-corrected chi connectivity index (χ2v) is 32.4. The van der Waals surface area contributed by atoms with Crippen LogP contribution in [0, 0.1) is 5.41 Å². The highest BCUT2D eigenvalue weighted by molar-refractivity contribution is 7.85. The number of aryl methyl sites for hydroxylation is 10. The molecule has 1 aliphatic carbocycles. The van der Waals surface area contributed by atoms with Gasteiger partial charge in [0.25, 0.3) is 10.1 Å². The molecular formula is C98H119Cl6N30O7S-. The number of methoxy groups -OCH3 is 2. The quantitative estimate of drug-likeness (QED) is 0.00848. The summed E-state index contributed by atoms with van der Waals surface area (Å²) in [7, 11) is 32.7. The molecule has 142 heavy (non-hydrogen) atoms. The minimum atomic E-state index is -3.72. The van der Waals surface area contributed by atoms with E-state index in [1.165, 1.54) is 0 Å². The van der Waals surface area contributed by atoms with Gasteiger partial charge < -0.3 is 130 Å². The molecule has 2 aliphatic rings. The average molecular weight is 2070 g/mol. The lowest BCUT2D eigenvalue weighted by atomic mass is 10.2. The molecule has 0 saturated heterocycles. The smallest absolute Gasteiger partial charge is 0.421 e. The first-order valence-corrected chi connectivity index (χ1v) is 44.1. The third kappa shape index (κ3) is 39.3. The highest BCUT2D eigenvalue weighted by Crippen LogP contribution is 2.30. The lowest BCUT2D eigenvalue weighted by Crippen LogP contribution is -3.00. The van der Waals surface area contributed by atoms with Gasteiger partial charge in [-0.05, 0) is 170 Å². The van der Waals surface area contributed by atoms with E-state index in [2.05, 4.69) is 76.0 Å². The standard InChI is InChI=1S/C17H18N6.C15H15N3O2.C15H18N3O.C14H16N3.C13H18N5.C12H15N5.C11H13N5.CH4O4S.6ClH/c1-22-11-12-23(2)17(22)21-20-16-9-7-15(8-10-16)19-14-5-3-13(18)4-6-14;1-18(2)9-4-5-11-14(6-9)20-15-7-10(16)13(19-3)8-12(15)17-11;1-17-10-8-13(9-11-17)12-16-18(2)14-4-6-15(19-3)7-5-14;1-16-10-8-13(9-11-16)12-15-17(2)14-6-4-3-5-7-14;1-16(2)12-7-5-11(6-8-12)14-15-13-17(3)9-10-18(13)4;1-13-10-4-6-11(7-5-10)14-15-12-16(2)8-9-17(12)3;1-15-7-8-16(2)11(15)14-13-10-5-3-9(12)4-6-10;1-6(3,4)5-2;;;;;;/h3-12H,1-2H3,(H2,18,20);4-8,16H,1-3H3;4-12H,1-3H3;3-12H,1-2H3;5-10H,1-4H3;4-9H,1-3H3;3-8,12H,1-2H3;2H,1H3;6*1H/q;;3*+1;;;;;;;;;/p-4. The maximum atomic E-state index is 9.47. The van der Waals surface area contributed by atoms with Gasteiger partial charge >= 0.3 is 23.8 Å². The molecule has 7 N–H and O–H groups in total. The fraction of sp³-hybridized carbons (Fsp3) is 0.204. The zero-order chi connectivity index (χ0) is 98.4. The Morgan fingerprint density at radius 3 is 1.11 bits per heavy atom. The van der Waals surface area contributed by atoms with Crippen molar-refractivity contribution in [2.75, 3.05) is 112 Å². The fourth-order valence-electron chi connectivity index (χ4n) is 11.9. The number of aromatic nitrogens is 11. The van der Waals surface area contributed by atoms with Crippen molar-refractivity contribution in [1.29, 1.82) is 5.41 Å². The van der Waals surface area contributed by atoms with Gasteiger partial charge in [-0.25, -0.2) is 59.1 Å². The summed E-state index contributed by atoms with van der Waals surface area (Å²) >= 11 is 0. The van der Waals surface area contributed by atoms with Crippen molar-refractivity contribution in [3.8, 4) is 23.0 Å². The van der Waals surface area contributed by atoms with Gasteiger partial charge in [0, 0.05) is 163 Å². The fourth-order valence-corrected chi connectivity index (χ4v) is 11.9. The van der Waals surface area contributed by atoms with Crippen LogP contribution in [-0.4, -0.2) is 114 Å². The van der Waals surface area contributed by atoms with Gasteiger partial charge in [0.15, 0.2) is 36.1 Å². The largest absolute Gasteiger partial charge is 1.00 e. The SMILES string of the molecule is CN(/N=C/c1cc[n+](C)cc1)c1ccccc1.CN(C)c1ccc(N=Nc2n(C)cc[n+]2C)cc1.CNc1ccc(N=Nc2n(C)cc[n+]2C)cc1.COc1cc2nc3ccc(N(C)C)cc3oc-2cc1=N.COc1ccc(N(C)/N=C/c2cc[n+](C)cc2)cc1.CS(=O)(=O)O[O-].Cn1cc[n+](C)c1N=Nc1ccc(N)cc1.Cn1cc[n+](C)c1N=Nc1ccc(Nc2ccc(N)cc2)cc1.[Cl-].[Cl-].[Cl-].[Cl-].[Cl-].[Cl-]. The molecule has 37 nitrogen and oxygen atoms in total. The van der Waals surface area contributed by atoms with Crippen LogP contribution >= 0.6 is 0 Å². The van der Waals surface area contributed by atoms with Gasteiger partial charge in [0.1, 0.15) is 59.6 Å². The Morgan fingerprint density at radius 2 is 0.768 bits per heavy atom. The number of rotatable bonds is 22. The summed E-state index contributed by atoms with van der Waals surface area (Å²) in [6.45, 7) is 0. The summed E-state index contributed by atoms with van der Waals surface area (Å²) in [5.74, 6) is 5.11. The van der Waals surface area contributed by atoms with Crippen molar-refractivity contribution in [3.05, 3.63) is 321 Å². The number of pyridine rings is 2. The van der Waals surface area contributed by atoms with E-state index in [1.807, 2.05) is 473 Å². The summed E-state index contributed by atoms with van der Waals surface area (Å²) < 4.78 is 57.0. The van der Waals surface area contributed by atoms with Gasteiger partial charge in [-0.2, -0.15) is 10.2 Å². The number of nitrogens with one attached hydrogen (secondary N) is 3. The van der Waals surface area contributed by atoms with Crippen LogP contribution in [0.25, 0.3) is 22.6 Å². The molecule has 0 radical (unpaired) electrons. The van der Waals surface area contributed by atoms with Gasteiger partial charge in [-0.1, -0.05) is 38.7 Å². The third-order valence-corrected chi connectivity index (χ3v) is 20.0. The zero-order valence-corrected chi connectivity index (χ0v) is 87.7. The number of azo groups is 4. The molecule has 16 rings (SSSR count). The predicted molar refractivity (Wildman–Crippen MR) is 531 cm³/mol. The maximum Gasteiger partial charge on any atom is 0.421 e. The molecule has 1 aliphatic heterocycles. The summed E-state index contributed by atoms with van der Waals surface area (Å²) in [5.41, 5.74) is 27.7. The second-order valence-electron chi connectivity index (χ2n) is 30.9. The van der Waals surface area contributed by atoms with E-state index in [4.69, 9.17) is 36.0 Å². The summed E-state index contributed by atoms with van der Waals surface area (Å²) in [5, 5.41) is 69.6. The van der Waals surface area contributed by atoms with E-state index < -0.39 is 10.1 Å². The normalized spacial score (nSPS) is 10.5. The number of nitrogens with zero attached hydrogens (tertiary/aromatic N) is 25. The molecule has 0 atom stereocenters. The van der Waals surface area contributed by atoms with E-state index in [0.717, 1.165) is 120 Å². The van der Waals surface area contributed by atoms with E-state index in [9.17, 15) is 8.42 Å². The van der Waals surface area contributed by atoms with Gasteiger partial charge in [0.05, 0.1) is 156 Å². The van der Waals surface area contributed by atoms with Crippen LogP contribution in [0.4, 0.5) is 97.7 Å². The van der Waals surface area contributed by atoms with Crippen LogP contribution in [-0.2, 0) is 84.9 Å². The molecule has 0 unspecified atom stereocenters. The minimum absolute atomic E-state index is 0. The Balaban J connectivity index is 0.000000420. The molecule has 0 spiro atoms. The number of hydrogen-bond acceptors (Lipinski definition) is 27. The summed E-state index contributed by atoms with van der Waals surface area (Å²) in [6.07, 6.45) is 27.9. The summed E-state index contributed by atoms with van der Waals surface area (Å²) in [4.78, 5) is 8.61. The number of para-hydroxylation sites is 1. The number of hydrazone groups is 2. The second kappa shape index (κ2) is 60.7. The zero-order valence-electron chi connectivity index (χ0n) is 82.4. The molecule has 0 amide bonds. The van der Waals surface area contributed by atoms with Crippen molar-refractivity contribution >= 4 is 131 Å². The van der Waals surface area contributed by atoms with Crippen molar-refractivity contribution in [3.63, 3.8) is 0 Å².